The van der Waals surface area contributed by atoms with E-state index in [2.05, 4.69) is 60.6 Å². The number of benzene rings is 2. The highest BCUT2D eigenvalue weighted by atomic mass is 32.2. The van der Waals surface area contributed by atoms with Gasteiger partial charge in [-0.15, -0.1) is 10.2 Å². The molecule has 0 saturated carbocycles. The molecule has 6 nitrogen and oxygen atoms in total. The van der Waals surface area contributed by atoms with Gasteiger partial charge in [-0.05, 0) is 29.9 Å². The second-order valence-corrected chi connectivity index (χ2v) is 9.60. The van der Waals surface area contributed by atoms with Gasteiger partial charge in [0.25, 0.3) is 0 Å². The molecule has 1 aromatic heterocycles. The number of hydrogen-bond donors (Lipinski definition) is 2. The zero-order valence-electron chi connectivity index (χ0n) is 17.9. The van der Waals surface area contributed by atoms with Crippen LogP contribution in [0.3, 0.4) is 0 Å². The highest BCUT2D eigenvalue weighted by Gasteiger charge is 2.20. The first-order valence-electron chi connectivity index (χ1n) is 10.1. The minimum absolute atomic E-state index is 0.0463. The summed E-state index contributed by atoms with van der Waals surface area (Å²) in [7, 11) is 0. The van der Waals surface area contributed by atoms with Gasteiger partial charge in [0.15, 0.2) is 5.82 Å². The first kappa shape index (κ1) is 21.9. The SMILES string of the molecule is C[C@H](Sc1nnc(-c2ccc(C(C)(C)C)cc2)n1N)C(=O)NCCc1ccccc1. The molecule has 0 fully saturated rings. The van der Waals surface area contributed by atoms with Crippen molar-refractivity contribution in [2.75, 3.05) is 12.4 Å². The van der Waals surface area contributed by atoms with Gasteiger partial charge in [-0.1, -0.05) is 87.1 Å². The Morgan fingerprint density at radius 2 is 1.77 bits per heavy atom. The number of thioether (sulfide) groups is 1. The molecule has 0 aliphatic rings. The van der Waals surface area contributed by atoms with Crippen LogP contribution in [0.25, 0.3) is 11.4 Å². The van der Waals surface area contributed by atoms with Crippen LogP contribution in [0.5, 0.6) is 0 Å². The monoisotopic (exact) mass is 423 g/mol. The molecule has 158 valence electrons. The lowest BCUT2D eigenvalue weighted by Gasteiger charge is -2.19. The fourth-order valence-corrected chi connectivity index (χ4v) is 3.80. The zero-order valence-corrected chi connectivity index (χ0v) is 18.7. The molecule has 1 atom stereocenters. The van der Waals surface area contributed by atoms with E-state index in [1.165, 1.54) is 27.6 Å². The average Bonchev–Trinajstić information content (AvgIpc) is 3.08. The third-order valence-corrected chi connectivity index (χ3v) is 5.94. The van der Waals surface area contributed by atoms with Crippen LogP contribution in [0.4, 0.5) is 0 Å². The molecular formula is C23H29N5OS. The van der Waals surface area contributed by atoms with E-state index in [0.29, 0.717) is 17.5 Å². The smallest absolute Gasteiger partial charge is 0.233 e. The Hall–Kier alpha value is -2.80. The normalized spacial score (nSPS) is 12.5. The van der Waals surface area contributed by atoms with Crippen molar-refractivity contribution < 1.29 is 4.79 Å². The first-order chi connectivity index (χ1) is 14.3. The average molecular weight is 424 g/mol. The third-order valence-electron chi connectivity index (χ3n) is 4.88. The Labute approximate surface area is 182 Å². The number of nitrogens with zero attached hydrogens (tertiary/aromatic N) is 3. The summed E-state index contributed by atoms with van der Waals surface area (Å²) in [6.45, 7) is 8.96. The minimum atomic E-state index is -0.330. The van der Waals surface area contributed by atoms with Crippen LogP contribution in [0.2, 0.25) is 0 Å². The van der Waals surface area contributed by atoms with Gasteiger partial charge in [0, 0.05) is 12.1 Å². The number of hydrogen-bond acceptors (Lipinski definition) is 5. The number of nitrogens with two attached hydrogens (primary N) is 1. The largest absolute Gasteiger partial charge is 0.355 e. The van der Waals surface area contributed by atoms with E-state index in [1.54, 1.807) is 0 Å². The lowest BCUT2D eigenvalue weighted by molar-refractivity contribution is -0.120. The standard InChI is InChI=1S/C23H29N5OS/c1-16(21(29)25-15-14-17-8-6-5-7-9-17)30-22-27-26-20(28(22)24)18-10-12-19(13-11-18)23(2,3)4/h5-13,16H,14-15,24H2,1-4H3,(H,25,29)/t16-/m0/s1. The summed E-state index contributed by atoms with van der Waals surface area (Å²) in [4.78, 5) is 12.4. The van der Waals surface area contributed by atoms with Crippen molar-refractivity contribution in [3.63, 3.8) is 0 Å². The van der Waals surface area contributed by atoms with Crippen LogP contribution in [0.15, 0.2) is 59.8 Å². The summed E-state index contributed by atoms with van der Waals surface area (Å²) in [6, 6.07) is 18.3. The second-order valence-electron chi connectivity index (χ2n) is 8.29. The van der Waals surface area contributed by atoms with Gasteiger partial charge >= 0.3 is 0 Å². The van der Waals surface area contributed by atoms with Gasteiger partial charge in [0.2, 0.25) is 11.1 Å². The summed E-state index contributed by atoms with van der Waals surface area (Å²) >= 11 is 1.30. The van der Waals surface area contributed by atoms with E-state index in [4.69, 9.17) is 5.84 Å². The molecule has 0 bridgehead atoms. The van der Waals surface area contributed by atoms with Gasteiger partial charge in [-0.2, -0.15) is 0 Å². The fourth-order valence-electron chi connectivity index (χ4n) is 3.00. The van der Waals surface area contributed by atoms with Gasteiger partial charge in [-0.3, -0.25) is 4.79 Å². The highest BCUT2D eigenvalue weighted by molar-refractivity contribution is 8.00. The van der Waals surface area contributed by atoms with Crippen molar-refractivity contribution >= 4 is 17.7 Å². The number of rotatable bonds is 7. The number of nitrogen functional groups attached to an aromatic ring is 1. The molecule has 0 unspecified atom stereocenters. The summed E-state index contributed by atoms with van der Waals surface area (Å²) in [5.74, 6) is 6.75. The highest BCUT2D eigenvalue weighted by Crippen LogP contribution is 2.27. The Morgan fingerprint density at radius 1 is 1.10 bits per heavy atom. The van der Waals surface area contributed by atoms with E-state index in [-0.39, 0.29) is 16.6 Å². The molecule has 3 aromatic rings. The number of carbonyl (C=O) groups is 1. The van der Waals surface area contributed by atoms with Crippen molar-refractivity contribution in [3.8, 4) is 11.4 Å². The van der Waals surface area contributed by atoms with Gasteiger partial charge < -0.3 is 11.2 Å². The van der Waals surface area contributed by atoms with E-state index < -0.39 is 0 Å². The molecule has 0 spiro atoms. The predicted molar refractivity (Wildman–Crippen MR) is 123 cm³/mol. The maximum Gasteiger partial charge on any atom is 0.233 e. The molecule has 30 heavy (non-hydrogen) atoms. The maximum atomic E-state index is 12.4. The van der Waals surface area contributed by atoms with Crippen LogP contribution >= 0.6 is 11.8 Å². The molecular weight excluding hydrogens is 394 g/mol. The van der Waals surface area contributed by atoms with Gasteiger partial charge in [0.1, 0.15) is 0 Å². The summed E-state index contributed by atoms with van der Waals surface area (Å²) in [5.41, 5.74) is 3.41. The Kier molecular flexibility index (Phi) is 6.82. The van der Waals surface area contributed by atoms with Crippen molar-refractivity contribution in [1.82, 2.24) is 20.2 Å². The lowest BCUT2D eigenvalue weighted by atomic mass is 9.87. The summed E-state index contributed by atoms with van der Waals surface area (Å²) in [5, 5.41) is 11.6. The first-order valence-corrected chi connectivity index (χ1v) is 10.9. The second kappa shape index (κ2) is 9.34. The van der Waals surface area contributed by atoms with E-state index >= 15 is 0 Å². The molecule has 7 heteroatoms. The third kappa shape index (κ3) is 5.42. The lowest BCUT2D eigenvalue weighted by Crippen LogP contribution is -2.32. The number of nitrogens with one attached hydrogen (secondary N) is 1. The molecule has 1 heterocycles. The number of amides is 1. The molecule has 2 aromatic carbocycles. The molecule has 0 aliphatic heterocycles. The quantitative estimate of drug-likeness (QED) is 0.446. The number of aromatic nitrogens is 3. The maximum absolute atomic E-state index is 12.4. The summed E-state index contributed by atoms with van der Waals surface area (Å²) < 4.78 is 1.45. The summed E-state index contributed by atoms with van der Waals surface area (Å²) in [6.07, 6.45) is 0.797. The van der Waals surface area contributed by atoms with Crippen LogP contribution < -0.4 is 11.2 Å². The van der Waals surface area contributed by atoms with Crippen LogP contribution in [0, 0.1) is 0 Å². The topological polar surface area (TPSA) is 85.8 Å². The number of carbonyl (C=O) groups excluding carboxylic acids is 1. The van der Waals surface area contributed by atoms with Crippen molar-refractivity contribution in [3.05, 3.63) is 65.7 Å². The van der Waals surface area contributed by atoms with Gasteiger partial charge in [0.05, 0.1) is 5.25 Å². The molecule has 3 rings (SSSR count). The molecule has 0 radical (unpaired) electrons. The minimum Gasteiger partial charge on any atom is -0.355 e. The Balaban J connectivity index is 1.59. The molecule has 0 saturated heterocycles. The van der Waals surface area contributed by atoms with Crippen molar-refractivity contribution in [2.24, 2.45) is 0 Å². The zero-order chi connectivity index (χ0) is 21.7. The Morgan fingerprint density at radius 3 is 2.40 bits per heavy atom. The van der Waals surface area contributed by atoms with Crippen LogP contribution in [0.1, 0.15) is 38.8 Å². The van der Waals surface area contributed by atoms with Crippen molar-refractivity contribution in [1.29, 1.82) is 0 Å². The van der Waals surface area contributed by atoms with E-state index in [0.717, 1.165) is 12.0 Å². The van der Waals surface area contributed by atoms with E-state index in [9.17, 15) is 4.79 Å². The molecule has 1 amide bonds. The van der Waals surface area contributed by atoms with E-state index in [1.807, 2.05) is 37.3 Å². The van der Waals surface area contributed by atoms with Crippen LogP contribution in [-0.4, -0.2) is 32.6 Å². The molecule has 3 N–H and O–H groups in total. The fraction of sp³-hybridized carbons (Fsp3) is 0.348. The van der Waals surface area contributed by atoms with Gasteiger partial charge in [-0.25, -0.2) is 4.68 Å². The van der Waals surface area contributed by atoms with Crippen molar-refractivity contribution in [2.45, 2.75) is 49.9 Å². The Bertz CT molecular complexity index is 977. The predicted octanol–water partition coefficient (Wildman–Crippen LogP) is 3.80. The van der Waals surface area contributed by atoms with Crippen LogP contribution in [-0.2, 0) is 16.6 Å². The molecule has 0 aliphatic carbocycles.